The van der Waals surface area contributed by atoms with Gasteiger partial charge in [-0.25, -0.2) is 0 Å². The van der Waals surface area contributed by atoms with Crippen LogP contribution in [0.2, 0.25) is 0 Å². The topological polar surface area (TPSA) is 50.1 Å². The molecule has 0 aromatic heterocycles. The van der Waals surface area contributed by atoms with Crippen LogP contribution in [-0.2, 0) is 9.53 Å². The summed E-state index contributed by atoms with van der Waals surface area (Å²) in [7, 11) is 0. The van der Waals surface area contributed by atoms with Crippen LogP contribution < -0.4 is 0 Å². The summed E-state index contributed by atoms with van der Waals surface area (Å²) in [6, 6.07) is 17.5. The van der Waals surface area contributed by atoms with Crippen molar-refractivity contribution in [3.8, 4) is 17.2 Å². The number of esters is 1. The Balaban J connectivity index is 2.09. The summed E-state index contributed by atoms with van der Waals surface area (Å²) in [5.41, 5.74) is 3.75. The number of carbonyl (C=O) groups excluding carboxylic acids is 1. The van der Waals surface area contributed by atoms with Crippen molar-refractivity contribution >= 4 is 5.97 Å². The van der Waals surface area contributed by atoms with E-state index in [2.05, 4.69) is 6.07 Å². The van der Waals surface area contributed by atoms with Crippen LogP contribution in [0.1, 0.15) is 43.9 Å². The lowest BCUT2D eigenvalue weighted by atomic mass is 10.0. The Labute approximate surface area is 131 Å². The molecule has 0 bridgehead atoms. The highest BCUT2D eigenvalue weighted by Gasteiger charge is 2.11. The molecule has 0 spiro atoms. The molecule has 0 aliphatic carbocycles. The molecule has 1 atom stereocenters. The summed E-state index contributed by atoms with van der Waals surface area (Å²) in [6.07, 6.45) is 1.01. The molecule has 112 valence electrons. The Kier molecular flexibility index (Phi) is 5.32. The molecule has 0 heterocycles. The second-order valence-electron chi connectivity index (χ2n) is 5.19. The SMILES string of the molecule is CCCC(=O)OC(C)c1ccc(-c2ccc(C#N)cc2)cc1. The van der Waals surface area contributed by atoms with Crippen molar-refractivity contribution in [2.75, 3.05) is 0 Å². The molecule has 3 heteroatoms. The smallest absolute Gasteiger partial charge is 0.306 e. The minimum absolute atomic E-state index is 0.161. The molecule has 0 aliphatic heterocycles. The molecular weight excluding hydrogens is 274 g/mol. The van der Waals surface area contributed by atoms with Gasteiger partial charge in [-0.05, 0) is 42.2 Å². The van der Waals surface area contributed by atoms with Gasteiger partial charge in [0.05, 0.1) is 11.6 Å². The Hall–Kier alpha value is -2.60. The van der Waals surface area contributed by atoms with Gasteiger partial charge in [-0.15, -0.1) is 0 Å². The lowest BCUT2D eigenvalue weighted by molar-refractivity contribution is -0.148. The zero-order valence-electron chi connectivity index (χ0n) is 12.9. The van der Waals surface area contributed by atoms with Gasteiger partial charge in [0, 0.05) is 6.42 Å². The maximum atomic E-state index is 11.5. The van der Waals surface area contributed by atoms with Gasteiger partial charge in [0.2, 0.25) is 0 Å². The Morgan fingerprint density at radius 3 is 2.14 bits per heavy atom. The average Bonchev–Trinajstić information content (AvgIpc) is 2.55. The third-order valence-corrected chi connectivity index (χ3v) is 3.49. The van der Waals surface area contributed by atoms with E-state index in [0.29, 0.717) is 12.0 Å². The van der Waals surface area contributed by atoms with E-state index in [1.807, 2.05) is 50.2 Å². The fraction of sp³-hybridized carbons (Fsp3) is 0.263. The van der Waals surface area contributed by atoms with E-state index in [9.17, 15) is 4.79 Å². The van der Waals surface area contributed by atoms with E-state index in [0.717, 1.165) is 23.1 Å². The van der Waals surface area contributed by atoms with Crippen LogP contribution in [0.4, 0.5) is 0 Å². The van der Waals surface area contributed by atoms with Crippen molar-refractivity contribution in [3.05, 3.63) is 59.7 Å². The van der Waals surface area contributed by atoms with E-state index < -0.39 is 0 Å². The molecule has 2 aromatic rings. The van der Waals surface area contributed by atoms with Crippen molar-refractivity contribution in [1.29, 1.82) is 5.26 Å². The molecule has 0 N–H and O–H groups in total. The van der Waals surface area contributed by atoms with Crippen LogP contribution in [-0.4, -0.2) is 5.97 Å². The normalized spacial score (nSPS) is 11.5. The third-order valence-electron chi connectivity index (χ3n) is 3.49. The van der Waals surface area contributed by atoms with Gasteiger partial charge < -0.3 is 4.74 Å². The van der Waals surface area contributed by atoms with Gasteiger partial charge in [0.15, 0.2) is 0 Å². The maximum Gasteiger partial charge on any atom is 0.306 e. The van der Waals surface area contributed by atoms with Gasteiger partial charge in [0.1, 0.15) is 6.10 Å². The summed E-state index contributed by atoms with van der Waals surface area (Å²) in [5, 5.41) is 8.82. The van der Waals surface area contributed by atoms with Gasteiger partial charge in [-0.1, -0.05) is 43.3 Å². The Morgan fingerprint density at radius 2 is 1.64 bits per heavy atom. The van der Waals surface area contributed by atoms with E-state index in [-0.39, 0.29) is 12.1 Å². The Morgan fingerprint density at radius 1 is 1.09 bits per heavy atom. The zero-order chi connectivity index (χ0) is 15.9. The van der Waals surface area contributed by atoms with Gasteiger partial charge in [0.25, 0.3) is 0 Å². The summed E-state index contributed by atoms with van der Waals surface area (Å²) in [4.78, 5) is 11.5. The van der Waals surface area contributed by atoms with Gasteiger partial charge in [-0.3, -0.25) is 4.79 Å². The molecule has 22 heavy (non-hydrogen) atoms. The molecule has 0 aliphatic rings. The van der Waals surface area contributed by atoms with Crippen molar-refractivity contribution < 1.29 is 9.53 Å². The number of benzene rings is 2. The maximum absolute atomic E-state index is 11.5. The highest BCUT2D eigenvalue weighted by molar-refractivity contribution is 5.69. The van der Waals surface area contributed by atoms with Crippen LogP contribution in [0.15, 0.2) is 48.5 Å². The number of rotatable bonds is 5. The summed E-state index contributed by atoms with van der Waals surface area (Å²) < 4.78 is 5.38. The van der Waals surface area contributed by atoms with E-state index in [1.54, 1.807) is 12.1 Å². The van der Waals surface area contributed by atoms with Gasteiger partial charge >= 0.3 is 5.97 Å². The molecule has 3 nitrogen and oxygen atoms in total. The molecular formula is C19H19NO2. The average molecular weight is 293 g/mol. The van der Waals surface area contributed by atoms with Gasteiger partial charge in [-0.2, -0.15) is 5.26 Å². The summed E-state index contributed by atoms with van der Waals surface area (Å²) in [6.45, 7) is 3.84. The number of nitrogens with zero attached hydrogens (tertiary/aromatic N) is 1. The van der Waals surface area contributed by atoms with Crippen LogP contribution in [0, 0.1) is 11.3 Å². The lowest BCUT2D eigenvalue weighted by Crippen LogP contribution is -2.08. The first-order chi connectivity index (χ1) is 10.6. The molecule has 0 fully saturated rings. The van der Waals surface area contributed by atoms with Crippen molar-refractivity contribution in [1.82, 2.24) is 0 Å². The third kappa shape index (κ3) is 3.95. The van der Waals surface area contributed by atoms with Crippen LogP contribution in [0.5, 0.6) is 0 Å². The standard InChI is InChI=1S/C19H19NO2/c1-3-4-19(21)22-14(2)16-9-11-18(12-10-16)17-7-5-15(13-20)6-8-17/h5-12,14H,3-4H2,1-2H3. The summed E-state index contributed by atoms with van der Waals surface area (Å²) in [5.74, 6) is -0.161. The van der Waals surface area contributed by atoms with E-state index >= 15 is 0 Å². The molecule has 2 aromatic carbocycles. The second kappa shape index (κ2) is 7.42. The predicted octanol–water partition coefficient (Wildman–Crippen LogP) is 4.63. The Bertz CT molecular complexity index is 666. The summed E-state index contributed by atoms with van der Waals surface area (Å²) >= 11 is 0. The number of hydrogen-bond acceptors (Lipinski definition) is 3. The highest BCUT2D eigenvalue weighted by atomic mass is 16.5. The van der Waals surface area contributed by atoms with E-state index in [4.69, 9.17) is 10.00 Å². The quantitative estimate of drug-likeness (QED) is 0.755. The fourth-order valence-corrected chi connectivity index (χ4v) is 2.21. The van der Waals surface area contributed by atoms with Crippen molar-refractivity contribution in [2.45, 2.75) is 32.8 Å². The van der Waals surface area contributed by atoms with Crippen LogP contribution in [0.25, 0.3) is 11.1 Å². The molecule has 0 saturated heterocycles. The highest BCUT2D eigenvalue weighted by Crippen LogP contribution is 2.24. The lowest BCUT2D eigenvalue weighted by Gasteiger charge is -2.14. The number of ether oxygens (including phenoxy) is 1. The first-order valence-electron chi connectivity index (χ1n) is 7.44. The van der Waals surface area contributed by atoms with Crippen molar-refractivity contribution in [3.63, 3.8) is 0 Å². The molecule has 0 saturated carbocycles. The zero-order valence-corrected chi connectivity index (χ0v) is 12.9. The largest absolute Gasteiger partial charge is 0.458 e. The van der Waals surface area contributed by atoms with E-state index in [1.165, 1.54) is 0 Å². The first-order valence-corrected chi connectivity index (χ1v) is 7.44. The first kappa shape index (κ1) is 15.8. The molecule has 0 amide bonds. The van der Waals surface area contributed by atoms with Crippen molar-refractivity contribution in [2.24, 2.45) is 0 Å². The van der Waals surface area contributed by atoms with Crippen LogP contribution >= 0.6 is 0 Å². The second-order valence-corrected chi connectivity index (χ2v) is 5.19. The molecule has 1 unspecified atom stereocenters. The monoisotopic (exact) mass is 293 g/mol. The fourth-order valence-electron chi connectivity index (χ4n) is 2.21. The minimum atomic E-state index is -0.242. The number of carbonyl (C=O) groups is 1. The number of nitriles is 1. The minimum Gasteiger partial charge on any atom is -0.458 e. The van der Waals surface area contributed by atoms with Crippen LogP contribution in [0.3, 0.4) is 0 Å². The molecule has 0 radical (unpaired) electrons. The number of hydrogen-bond donors (Lipinski definition) is 0. The predicted molar refractivity (Wildman–Crippen MR) is 86.0 cm³/mol. The molecule has 2 rings (SSSR count).